The zero-order valence-electron chi connectivity index (χ0n) is 9.70. The lowest BCUT2D eigenvalue weighted by atomic mass is 9.93. The molecule has 1 saturated carbocycles. The van der Waals surface area contributed by atoms with Gasteiger partial charge < -0.3 is 20.9 Å². The zero-order valence-corrected chi connectivity index (χ0v) is 9.70. The average molecular weight is 242 g/mol. The third kappa shape index (κ3) is 2.14. The smallest absolute Gasteiger partial charge is 0.329 e. The molecule has 0 aromatic rings. The standard InChI is InChI=1S/C11H18N2O4/c12-10(5-6-17-7-10)8(14)13-11(9(15)16)3-1-2-4-11/h1-7,12H2,(H,13,14)(H,15,16). The quantitative estimate of drug-likeness (QED) is 0.626. The van der Waals surface area contributed by atoms with Crippen molar-refractivity contribution in [2.75, 3.05) is 13.2 Å². The second-order valence-corrected chi connectivity index (χ2v) is 5.01. The normalized spacial score (nSPS) is 31.4. The van der Waals surface area contributed by atoms with Crippen molar-refractivity contribution in [2.24, 2.45) is 5.73 Å². The number of nitrogens with one attached hydrogen (secondary N) is 1. The Morgan fingerprint density at radius 2 is 1.88 bits per heavy atom. The highest BCUT2D eigenvalue weighted by Gasteiger charge is 2.47. The second-order valence-electron chi connectivity index (χ2n) is 5.01. The van der Waals surface area contributed by atoms with Crippen LogP contribution in [0.15, 0.2) is 0 Å². The predicted molar refractivity (Wildman–Crippen MR) is 59.3 cm³/mol. The van der Waals surface area contributed by atoms with Crippen LogP contribution < -0.4 is 11.1 Å². The van der Waals surface area contributed by atoms with Crippen LogP contribution in [-0.4, -0.2) is 41.3 Å². The van der Waals surface area contributed by atoms with Gasteiger partial charge in [-0.05, 0) is 19.3 Å². The summed E-state index contributed by atoms with van der Waals surface area (Å²) in [6.45, 7) is 0.610. The molecule has 0 bridgehead atoms. The van der Waals surface area contributed by atoms with Crippen LogP contribution in [0.5, 0.6) is 0 Å². The summed E-state index contributed by atoms with van der Waals surface area (Å²) in [6, 6.07) is 0. The summed E-state index contributed by atoms with van der Waals surface area (Å²) in [4.78, 5) is 23.3. The third-order valence-electron chi connectivity index (χ3n) is 3.72. The van der Waals surface area contributed by atoms with Gasteiger partial charge in [0, 0.05) is 6.61 Å². The van der Waals surface area contributed by atoms with Crippen LogP contribution in [0.25, 0.3) is 0 Å². The summed E-state index contributed by atoms with van der Waals surface area (Å²) >= 11 is 0. The van der Waals surface area contributed by atoms with Crippen LogP contribution in [0.1, 0.15) is 32.1 Å². The number of carboxylic acids is 1. The fourth-order valence-electron chi connectivity index (χ4n) is 2.47. The van der Waals surface area contributed by atoms with E-state index < -0.39 is 23.0 Å². The summed E-state index contributed by atoms with van der Waals surface area (Å²) < 4.78 is 5.11. The highest BCUT2D eigenvalue weighted by atomic mass is 16.5. The number of hydrogen-bond acceptors (Lipinski definition) is 4. The molecule has 17 heavy (non-hydrogen) atoms. The van der Waals surface area contributed by atoms with Crippen LogP contribution in [0.2, 0.25) is 0 Å². The molecule has 0 aromatic heterocycles. The Bertz CT molecular complexity index is 330. The van der Waals surface area contributed by atoms with E-state index in [0.717, 1.165) is 12.8 Å². The van der Waals surface area contributed by atoms with Crippen molar-refractivity contribution >= 4 is 11.9 Å². The molecular weight excluding hydrogens is 224 g/mol. The molecule has 2 rings (SSSR count). The molecular formula is C11H18N2O4. The first kappa shape index (κ1) is 12.3. The minimum Gasteiger partial charge on any atom is -0.480 e. The SMILES string of the molecule is NC1(C(=O)NC2(C(=O)O)CCCC2)CCOC1. The summed E-state index contributed by atoms with van der Waals surface area (Å²) in [5.41, 5.74) is 3.73. The maximum absolute atomic E-state index is 12.1. The van der Waals surface area contributed by atoms with Gasteiger partial charge in [0.05, 0.1) is 6.61 Å². The molecule has 6 nitrogen and oxygen atoms in total. The van der Waals surface area contributed by atoms with Crippen LogP contribution >= 0.6 is 0 Å². The Balaban J connectivity index is 2.08. The van der Waals surface area contributed by atoms with E-state index in [1.165, 1.54) is 0 Å². The van der Waals surface area contributed by atoms with Crippen LogP contribution in [-0.2, 0) is 14.3 Å². The number of carbonyl (C=O) groups excluding carboxylic acids is 1. The van der Waals surface area contributed by atoms with E-state index in [-0.39, 0.29) is 6.61 Å². The molecule has 0 aromatic carbocycles. The molecule has 1 aliphatic heterocycles. The Morgan fingerprint density at radius 1 is 1.24 bits per heavy atom. The Labute approximate surface area is 99.5 Å². The average Bonchev–Trinajstić information content (AvgIpc) is 2.88. The maximum atomic E-state index is 12.1. The van der Waals surface area contributed by atoms with Crippen LogP contribution in [0, 0.1) is 0 Å². The molecule has 1 aliphatic carbocycles. The molecule has 96 valence electrons. The van der Waals surface area contributed by atoms with Crippen molar-refractivity contribution in [3.63, 3.8) is 0 Å². The molecule has 1 saturated heterocycles. The van der Waals surface area contributed by atoms with Gasteiger partial charge in [0.15, 0.2) is 0 Å². The van der Waals surface area contributed by atoms with Gasteiger partial charge in [-0.1, -0.05) is 12.8 Å². The number of hydrogen-bond donors (Lipinski definition) is 3. The van der Waals surface area contributed by atoms with Gasteiger partial charge in [-0.2, -0.15) is 0 Å². The highest BCUT2D eigenvalue weighted by molar-refractivity contribution is 5.92. The van der Waals surface area contributed by atoms with E-state index in [0.29, 0.717) is 25.9 Å². The van der Waals surface area contributed by atoms with Gasteiger partial charge in [-0.3, -0.25) is 4.79 Å². The van der Waals surface area contributed by atoms with Gasteiger partial charge in [0.2, 0.25) is 5.91 Å². The molecule has 1 amide bonds. The van der Waals surface area contributed by atoms with E-state index in [4.69, 9.17) is 10.5 Å². The Morgan fingerprint density at radius 3 is 2.35 bits per heavy atom. The number of carboxylic acid groups (broad SMARTS) is 1. The monoisotopic (exact) mass is 242 g/mol. The summed E-state index contributed by atoms with van der Waals surface area (Å²) in [6.07, 6.45) is 3.03. The third-order valence-corrected chi connectivity index (χ3v) is 3.72. The maximum Gasteiger partial charge on any atom is 0.329 e. The minimum absolute atomic E-state index is 0.161. The van der Waals surface area contributed by atoms with Gasteiger partial charge >= 0.3 is 5.97 Å². The van der Waals surface area contributed by atoms with Gasteiger partial charge in [0.1, 0.15) is 11.1 Å². The summed E-state index contributed by atoms with van der Waals surface area (Å²) in [7, 11) is 0. The molecule has 4 N–H and O–H groups in total. The second kappa shape index (κ2) is 4.27. The van der Waals surface area contributed by atoms with Gasteiger partial charge in [0.25, 0.3) is 0 Å². The van der Waals surface area contributed by atoms with Gasteiger partial charge in [-0.25, -0.2) is 4.79 Å². The first-order valence-corrected chi connectivity index (χ1v) is 5.91. The summed E-state index contributed by atoms with van der Waals surface area (Å²) in [5.74, 6) is -1.37. The largest absolute Gasteiger partial charge is 0.480 e. The number of rotatable bonds is 3. The molecule has 1 atom stereocenters. The molecule has 1 unspecified atom stereocenters. The lowest BCUT2D eigenvalue weighted by molar-refractivity contribution is -0.148. The lowest BCUT2D eigenvalue weighted by Gasteiger charge is -2.30. The van der Waals surface area contributed by atoms with E-state index in [1.807, 2.05) is 0 Å². The first-order chi connectivity index (χ1) is 7.99. The minimum atomic E-state index is -1.12. The van der Waals surface area contributed by atoms with E-state index in [1.54, 1.807) is 0 Å². The highest BCUT2D eigenvalue weighted by Crippen LogP contribution is 2.31. The van der Waals surface area contributed by atoms with Crippen molar-refractivity contribution in [2.45, 2.75) is 43.2 Å². The van der Waals surface area contributed by atoms with Gasteiger partial charge in [-0.15, -0.1) is 0 Å². The van der Waals surface area contributed by atoms with E-state index in [2.05, 4.69) is 5.32 Å². The van der Waals surface area contributed by atoms with Crippen molar-refractivity contribution in [1.82, 2.24) is 5.32 Å². The summed E-state index contributed by atoms with van der Waals surface area (Å²) in [5, 5.41) is 11.9. The molecule has 0 radical (unpaired) electrons. The van der Waals surface area contributed by atoms with E-state index >= 15 is 0 Å². The Hall–Kier alpha value is -1.14. The topological polar surface area (TPSA) is 102 Å². The van der Waals surface area contributed by atoms with Crippen molar-refractivity contribution in [3.8, 4) is 0 Å². The number of nitrogens with two attached hydrogens (primary N) is 1. The molecule has 0 spiro atoms. The molecule has 1 heterocycles. The molecule has 6 heteroatoms. The lowest BCUT2D eigenvalue weighted by Crippen LogP contribution is -2.62. The van der Waals surface area contributed by atoms with E-state index in [9.17, 15) is 14.7 Å². The predicted octanol–water partition coefficient (Wildman–Crippen LogP) is -0.382. The fraction of sp³-hybridized carbons (Fsp3) is 0.818. The first-order valence-electron chi connectivity index (χ1n) is 5.91. The fourth-order valence-corrected chi connectivity index (χ4v) is 2.47. The number of amides is 1. The van der Waals surface area contributed by atoms with Crippen LogP contribution in [0.4, 0.5) is 0 Å². The number of aliphatic carboxylic acids is 1. The van der Waals surface area contributed by atoms with Crippen molar-refractivity contribution < 1.29 is 19.4 Å². The zero-order chi connectivity index (χ0) is 12.5. The number of carbonyl (C=O) groups is 2. The number of ether oxygens (including phenoxy) is 1. The Kier molecular flexibility index (Phi) is 3.09. The van der Waals surface area contributed by atoms with Crippen molar-refractivity contribution in [1.29, 1.82) is 0 Å². The molecule has 2 aliphatic rings. The van der Waals surface area contributed by atoms with Crippen LogP contribution in [0.3, 0.4) is 0 Å². The van der Waals surface area contributed by atoms with Crippen molar-refractivity contribution in [3.05, 3.63) is 0 Å². The molecule has 2 fully saturated rings.